The number of hydrogen-bond acceptors (Lipinski definition) is 6. The molecule has 1 aromatic heterocycles. The lowest BCUT2D eigenvalue weighted by Crippen LogP contribution is -2.05. The number of methoxy groups -OCH3 is 1. The number of rotatable bonds is 7. The average molecular weight is 335 g/mol. The van der Waals surface area contributed by atoms with Gasteiger partial charge in [0.15, 0.2) is 0 Å². The van der Waals surface area contributed by atoms with Crippen molar-refractivity contribution in [3.63, 3.8) is 0 Å². The van der Waals surface area contributed by atoms with Gasteiger partial charge in [-0.25, -0.2) is 0 Å². The molecule has 2 aromatic rings. The number of nitrogen functional groups attached to an aromatic ring is 1. The van der Waals surface area contributed by atoms with Crippen LogP contribution in [-0.2, 0) is 4.74 Å². The molecule has 0 saturated carbocycles. The highest BCUT2D eigenvalue weighted by molar-refractivity contribution is 8.15. The number of fused-ring (bicyclic) bond motifs is 1. The van der Waals surface area contributed by atoms with Gasteiger partial charge in [-0.15, -0.1) is 0 Å². The minimum atomic E-state index is 0.197. The minimum absolute atomic E-state index is 0.197. The van der Waals surface area contributed by atoms with E-state index >= 15 is 0 Å². The summed E-state index contributed by atoms with van der Waals surface area (Å²) >= 11 is 1.70. The predicted octanol–water partition coefficient (Wildman–Crippen LogP) is 2.02. The molecule has 0 bridgehead atoms. The molecule has 1 atom stereocenters. The molecule has 3 rings (SSSR count). The second-order valence-corrected chi connectivity index (χ2v) is 6.69. The lowest BCUT2D eigenvalue weighted by molar-refractivity contribution is 0.146. The lowest BCUT2D eigenvalue weighted by Gasteiger charge is -2.06. The molecule has 6 nitrogen and oxygen atoms in total. The molecule has 0 saturated heterocycles. The van der Waals surface area contributed by atoms with Crippen molar-refractivity contribution < 1.29 is 14.6 Å². The Morgan fingerprint density at radius 3 is 3.04 bits per heavy atom. The number of aliphatic hydroxyl groups excluding tert-OH is 1. The number of hydrogen-bond donors (Lipinski definition) is 3. The molecule has 0 fully saturated rings. The fourth-order valence-corrected chi connectivity index (χ4v) is 3.62. The summed E-state index contributed by atoms with van der Waals surface area (Å²) in [7, 11) is 1.64. The second-order valence-electron chi connectivity index (χ2n) is 5.40. The van der Waals surface area contributed by atoms with E-state index in [2.05, 4.69) is 9.98 Å². The van der Waals surface area contributed by atoms with Gasteiger partial charge in [-0.2, -0.15) is 0 Å². The summed E-state index contributed by atoms with van der Waals surface area (Å²) in [5.41, 5.74) is 8.64. The molecule has 7 heteroatoms. The topological polar surface area (TPSA) is 92.9 Å². The van der Waals surface area contributed by atoms with Crippen LogP contribution in [0.3, 0.4) is 0 Å². The van der Waals surface area contributed by atoms with Gasteiger partial charge in [0.2, 0.25) is 0 Å². The van der Waals surface area contributed by atoms with Gasteiger partial charge in [0.1, 0.15) is 17.4 Å². The summed E-state index contributed by atoms with van der Waals surface area (Å²) in [6, 6.07) is 5.82. The van der Waals surface area contributed by atoms with E-state index in [0.717, 1.165) is 40.4 Å². The molecule has 1 aliphatic heterocycles. The van der Waals surface area contributed by atoms with Gasteiger partial charge in [-0.1, -0.05) is 11.8 Å². The van der Waals surface area contributed by atoms with Crippen molar-refractivity contribution in [3.05, 3.63) is 23.9 Å². The van der Waals surface area contributed by atoms with E-state index in [1.165, 1.54) is 0 Å². The number of thioether (sulfide) groups is 1. The van der Waals surface area contributed by atoms with E-state index in [1.807, 2.05) is 18.2 Å². The van der Waals surface area contributed by atoms with Gasteiger partial charge in [-0.05, 0) is 18.6 Å². The van der Waals surface area contributed by atoms with Crippen LogP contribution in [0.1, 0.15) is 12.1 Å². The zero-order valence-corrected chi connectivity index (χ0v) is 13.9. The van der Waals surface area contributed by atoms with E-state index in [4.69, 9.17) is 20.3 Å². The van der Waals surface area contributed by atoms with Gasteiger partial charge in [-0.3, -0.25) is 4.99 Å². The monoisotopic (exact) mass is 335 g/mol. The number of aromatic amines is 1. The van der Waals surface area contributed by atoms with Crippen molar-refractivity contribution in [2.24, 2.45) is 4.99 Å². The van der Waals surface area contributed by atoms with E-state index in [1.54, 1.807) is 18.9 Å². The SMILES string of the molecule is COCCOc1cc(N)c2[nH]c(C3=NCC(CCO)S3)cc2c1. The number of anilines is 1. The first-order chi connectivity index (χ1) is 11.2. The summed E-state index contributed by atoms with van der Waals surface area (Å²) in [6.45, 7) is 1.97. The Hall–Kier alpha value is -1.70. The smallest absolute Gasteiger partial charge is 0.122 e. The molecule has 0 aliphatic carbocycles. The van der Waals surface area contributed by atoms with Crippen LogP contribution in [0.25, 0.3) is 10.9 Å². The van der Waals surface area contributed by atoms with Crippen LogP contribution < -0.4 is 10.5 Å². The van der Waals surface area contributed by atoms with E-state index in [0.29, 0.717) is 24.2 Å². The molecule has 4 N–H and O–H groups in total. The Kier molecular flexibility index (Phi) is 5.09. The van der Waals surface area contributed by atoms with Gasteiger partial charge in [0, 0.05) is 30.4 Å². The Labute approximate surface area is 139 Å². The largest absolute Gasteiger partial charge is 0.491 e. The molecular weight excluding hydrogens is 314 g/mol. The highest BCUT2D eigenvalue weighted by Gasteiger charge is 2.21. The van der Waals surface area contributed by atoms with Crippen LogP contribution in [-0.4, -0.2) is 53.9 Å². The molecule has 2 heterocycles. The molecule has 1 unspecified atom stereocenters. The summed E-state index contributed by atoms with van der Waals surface area (Å²) in [4.78, 5) is 7.91. The molecule has 124 valence electrons. The molecule has 23 heavy (non-hydrogen) atoms. The fourth-order valence-electron chi connectivity index (χ4n) is 2.55. The van der Waals surface area contributed by atoms with E-state index in [9.17, 15) is 0 Å². The maximum Gasteiger partial charge on any atom is 0.122 e. The first-order valence-corrected chi connectivity index (χ1v) is 8.45. The van der Waals surface area contributed by atoms with Crippen molar-refractivity contribution in [2.45, 2.75) is 11.7 Å². The number of benzene rings is 1. The third-order valence-electron chi connectivity index (χ3n) is 3.69. The molecule has 1 aliphatic rings. The third-order valence-corrected chi connectivity index (χ3v) is 4.98. The molecule has 0 radical (unpaired) electrons. The van der Waals surface area contributed by atoms with Crippen molar-refractivity contribution in [2.75, 3.05) is 39.2 Å². The molecule has 0 amide bonds. The van der Waals surface area contributed by atoms with Crippen LogP contribution in [0, 0.1) is 0 Å². The Morgan fingerprint density at radius 1 is 1.39 bits per heavy atom. The van der Waals surface area contributed by atoms with Crippen LogP contribution in [0.2, 0.25) is 0 Å². The van der Waals surface area contributed by atoms with Crippen LogP contribution in [0.15, 0.2) is 23.2 Å². The van der Waals surface area contributed by atoms with Crippen molar-refractivity contribution in [1.82, 2.24) is 4.98 Å². The molecule has 0 spiro atoms. The zero-order chi connectivity index (χ0) is 16.2. The minimum Gasteiger partial charge on any atom is -0.491 e. The predicted molar refractivity (Wildman–Crippen MR) is 94.6 cm³/mol. The number of nitrogens with zero attached hydrogens (tertiary/aromatic N) is 1. The lowest BCUT2D eigenvalue weighted by atomic mass is 10.2. The number of nitrogens with one attached hydrogen (secondary N) is 1. The fraction of sp³-hybridized carbons (Fsp3) is 0.438. The summed E-state index contributed by atoms with van der Waals surface area (Å²) in [5.74, 6) is 0.733. The quantitative estimate of drug-likeness (QED) is 0.532. The Balaban J connectivity index is 1.80. The van der Waals surface area contributed by atoms with Gasteiger partial charge >= 0.3 is 0 Å². The highest BCUT2D eigenvalue weighted by atomic mass is 32.2. The number of aromatic nitrogens is 1. The summed E-state index contributed by atoms with van der Waals surface area (Å²) in [5, 5.41) is 11.4. The van der Waals surface area contributed by atoms with E-state index in [-0.39, 0.29) is 6.61 Å². The summed E-state index contributed by atoms with van der Waals surface area (Å²) < 4.78 is 10.6. The van der Waals surface area contributed by atoms with Crippen molar-refractivity contribution in [3.8, 4) is 5.75 Å². The standard InChI is InChI=1S/C16H21N3O3S/c1-21-4-5-22-11-6-10-7-14(19-15(10)13(17)8-11)16-18-9-12(23-16)2-3-20/h6-8,12,19-20H,2-5,9,17H2,1H3. The maximum atomic E-state index is 9.04. The third kappa shape index (κ3) is 3.63. The van der Waals surface area contributed by atoms with Gasteiger partial charge in [0.25, 0.3) is 0 Å². The number of aliphatic hydroxyl groups is 1. The molecule has 1 aromatic carbocycles. The van der Waals surface area contributed by atoms with Crippen LogP contribution in [0.4, 0.5) is 5.69 Å². The normalized spacial score (nSPS) is 17.7. The Morgan fingerprint density at radius 2 is 2.26 bits per heavy atom. The van der Waals surface area contributed by atoms with Gasteiger partial charge < -0.3 is 25.3 Å². The average Bonchev–Trinajstić information content (AvgIpc) is 3.14. The second kappa shape index (κ2) is 7.25. The number of ether oxygens (including phenoxy) is 2. The van der Waals surface area contributed by atoms with Gasteiger partial charge in [0.05, 0.1) is 30.0 Å². The van der Waals surface area contributed by atoms with E-state index < -0.39 is 0 Å². The first kappa shape index (κ1) is 16.2. The Bertz CT molecular complexity index is 714. The number of aliphatic imine (C=N–C) groups is 1. The number of nitrogens with two attached hydrogens (primary N) is 1. The molecular formula is C16H21N3O3S. The zero-order valence-electron chi connectivity index (χ0n) is 13.0. The first-order valence-electron chi connectivity index (χ1n) is 7.57. The van der Waals surface area contributed by atoms with Crippen molar-refractivity contribution in [1.29, 1.82) is 0 Å². The van der Waals surface area contributed by atoms with Crippen molar-refractivity contribution >= 4 is 33.4 Å². The number of H-pyrrole nitrogens is 1. The maximum absolute atomic E-state index is 9.04. The van der Waals surface area contributed by atoms with Crippen LogP contribution >= 0.6 is 11.8 Å². The van der Waals surface area contributed by atoms with Crippen LogP contribution in [0.5, 0.6) is 5.75 Å². The summed E-state index contributed by atoms with van der Waals surface area (Å²) in [6.07, 6.45) is 0.761. The highest BCUT2D eigenvalue weighted by Crippen LogP contribution is 2.32.